The summed E-state index contributed by atoms with van der Waals surface area (Å²) in [6, 6.07) is 8.45. The quantitative estimate of drug-likeness (QED) is 0.570. The van der Waals surface area contributed by atoms with Crippen LogP contribution in [0.1, 0.15) is 58.3 Å². The Morgan fingerprint density at radius 1 is 1.15 bits per heavy atom. The van der Waals surface area contributed by atoms with Crippen molar-refractivity contribution in [3.05, 3.63) is 51.9 Å². The largest absolute Gasteiger partial charge is 0.459 e. The molecule has 1 aromatic heterocycles. The minimum atomic E-state index is -0.742. The summed E-state index contributed by atoms with van der Waals surface area (Å²) in [4.78, 5) is 50.1. The summed E-state index contributed by atoms with van der Waals surface area (Å²) >= 11 is 1.37. The van der Waals surface area contributed by atoms with Gasteiger partial charge in [-0.3, -0.25) is 14.4 Å². The minimum absolute atomic E-state index is 0.286. The van der Waals surface area contributed by atoms with Gasteiger partial charge in [0.05, 0.1) is 11.7 Å². The van der Waals surface area contributed by atoms with Gasteiger partial charge in [0.15, 0.2) is 6.61 Å². The highest BCUT2D eigenvalue weighted by Gasteiger charge is 2.29. The molecule has 1 atom stereocenters. The SMILES string of the molecule is CC1CCc2c(sc(NC(=O)COC(=O)CNC(=O)c3ccccc3)c2C(=O)OC(C)C)C1. The molecule has 2 amide bonds. The number of carbonyl (C=O) groups excluding carboxylic acids is 4. The summed E-state index contributed by atoms with van der Waals surface area (Å²) in [5.41, 5.74) is 1.74. The first-order chi connectivity index (χ1) is 15.7. The van der Waals surface area contributed by atoms with Gasteiger partial charge in [0, 0.05) is 10.4 Å². The van der Waals surface area contributed by atoms with E-state index in [1.54, 1.807) is 44.2 Å². The van der Waals surface area contributed by atoms with Crippen LogP contribution in [0.3, 0.4) is 0 Å². The third-order valence-corrected chi connectivity index (χ3v) is 6.27. The van der Waals surface area contributed by atoms with Crippen molar-refractivity contribution < 1.29 is 28.7 Å². The van der Waals surface area contributed by atoms with Crippen LogP contribution in [0.5, 0.6) is 0 Å². The summed E-state index contributed by atoms with van der Waals surface area (Å²) in [6.07, 6.45) is 2.27. The lowest BCUT2D eigenvalue weighted by molar-refractivity contribution is -0.146. The number of rotatable bonds is 8. The van der Waals surface area contributed by atoms with Crippen LogP contribution in [0.25, 0.3) is 0 Å². The normalized spacial score (nSPS) is 14.8. The molecule has 0 spiro atoms. The highest BCUT2D eigenvalue weighted by atomic mass is 32.1. The highest BCUT2D eigenvalue weighted by molar-refractivity contribution is 7.17. The number of hydrogen-bond acceptors (Lipinski definition) is 7. The van der Waals surface area contributed by atoms with Crippen molar-refractivity contribution in [1.82, 2.24) is 5.32 Å². The van der Waals surface area contributed by atoms with Gasteiger partial charge in [-0.2, -0.15) is 0 Å². The van der Waals surface area contributed by atoms with Gasteiger partial charge in [0.1, 0.15) is 11.5 Å². The molecule has 176 valence electrons. The molecule has 33 heavy (non-hydrogen) atoms. The first-order valence-electron chi connectivity index (χ1n) is 10.9. The lowest BCUT2D eigenvalue weighted by Crippen LogP contribution is -2.32. The Bertz CT molecular complexity index is 1030. The molecule has 9 heteroatoms. The number of amides is 2. The topological polar surface area (TPSA) is 111 Å². The molecule has 0 aliphatic heterocycles. The smallest absolute Gasteiger partial charge is 0.341 e. The van der Waals surface area contributed by atoms with Crippen molar-refractivity contribution >= 4 is 40.1 Å². The van der Waals surface area contributed by atoms with E-state index in [1.165, 1.54) is 11.3 Å². The molecule has 1 unspecified atom stereocenters. The first kappa shape index (κ1) is 24.4. The van der Waals surface area contributed by atoms with E-state index in [2.05, 4.69) is 17.6 Å². The number of benzene rings is 1. The van der Waals surface area contributed by atoms with E-state index >= 15 is 0 Å². The monoisotopic (exact) mass is 472 g/mol. The summed E-state index contributed by atoms with van der Waals surface area (Å²) in [5, 5.41) is 5.56. The van der Waals surface area contributed by atoms with Gasteiger partial charge in [-0.05, 0) is 56.7 Å². The van der Waals surface area contributed by atoms with Crippen LogP contribution in [-0.2, 0) is 31.9 Å². The zero-order valence-corrected chi connectivity index (χ0v) is 19.8. The zero-order chi connectivity index (χ0) is 24.0. The van der Waals surface area contributed by atoms with Crippen LogP contribution in [0.4, 0.5) is 5.00 Å². The molecule has 2 aromatic rings. The van der Waals surface area contributed by atoms with E-state index in [4.69, 9.17) is 9.47 Å². The fraction of sp³-hybridized carbons (Fsp3) is 0.417. The first-order valence-corrected chi connectivity index (χ1v) is 11.7. The Hall–Kier alpha value is -3.20. The number of nitrogens with one attached hydrogen (secondary N) is 2. The minimum Gasteiger partial charge on any atom is -0.459 e. The number of carbonyl (C=O) groups is 4. The number of anilines is 1. The molecular formula is C24H28N2O6S. The average Bonchev–Trinajstić information content (AvgIpc) is 3.12. The summed E-state index contributed by atoms with van der Waals surface area (Å²) in [5.74, 6) is -1.69. The standard InChI is InChI=1S/C24H28N2O6S/c1-14(2)32-24(30)21-17-10-9-15(3)11-18(17)33-23(21)26-19(27)13-31-20(28)12-25-22(29)16-7-5-4-6-8-16/h4-8,14-15H,9-13H2,1-3H3,(H,25,29)(H,26,27). The number of ether oxygens (including phenoxy) is 2. The molecule has 1 aliphatic rings. The van der Waals surface area contributed by atoms with Crippen molar-refractivity contribution in [3.8, 4) is 0 Å². The summed E-state index contributed by atoms with van der Waals surface area (Å²) in [6.45, 7) is 4.80. The van der Waals surface area contributed by atoms with Gasteiger partial charge in [-0.15, -0.1) is 11.3 Å². The lowest BCUT2D eigenvalue weighted by atomic mass is 9.88. The third kappa shape index (κ3) is 6.64. The Morgan fingerprint density at radius 3 is 2.58 bits per heavy atom. The lowest BCUT2D eigenvalue weighted by Gasteiger charge is -2.18. The van der Waals surface area contributed by atoms with Crippen molar-refractivity contribution in [1.29, 1.82) is 0 Å². The molecule has 8 nitrogen and oxygen atoms in total. The summed E-state index contributed by atoms with van der Waals surface area (Å²) < 4.78 is 10.4. The second kappa shape index (κ2) is 11.1. The second-order valence-corrected chi connectivity index (χ2v) is 9.37. The van der Waals surface area contributed by atoms with Gasteiger partial charge >= 0.3 is 11.9 Å². The molecule has 2 N–H and O–H groups in total. The zero-order valence-electron chi connectivity index (χ0n) is 18.9. The highest BCUT2D eigenvalue weighted by Crippen LogP contribution is 2.40. The maximum atomic E-state index is 12.7. The number of esters is 2. The van der Waals surface area contributed by atoms with Crippen LogP contribution in [-0.4, -0.2) is 43.0 Å². The van der Waals surface area contributed by atoms with Crippen molar-refractivity contribution in [3.63, 3.8) is 0 Å². The van der Waals surface area contributed by atoms with Crippen molar-refractivity contribution in [2.24, 2.45) is 5.92 Å². The van der Waals surface area contributed by atoms with Crippen LogP contribution in [0.2, 0.25) is 0 Å². The van der Waals surface area contributed by atoms with Gasteiger partial charge < -0.3 is 20.1 Å². The maximum absolute atomic E-state index is 12.7. The Labute approximate surface area is 196 Å². The van der Waals surface area contributed by atoms with Crippen LogP contribution >= 0.6 is 11.3 Å². The van der Waals surface area contributed by atoms with E-state index in [1.807, 2.05) is 0 Å². The van der Waals surface area contributed by atoms with Crippen LogP contribution < -0.4 is 10.6 Å². The van der Waals surface area contributed by atoms with E-state index in [9.17, 15) is 19.2 Å². The Morgan fingerprint density at radius 2 is 1.88 bits per heavy atom. The second-order valence-electron chi connectivity index (χ2n) is 8.27. The molecule has 3 rings (SSSR count). The molecule has 1 aliphatic carbocycles. The maximum Gasteiger partial charge on any atom is 0.341 e. The molecule has 0 saturated heterocycles. The average molecular weight is 473 g/mol. The number of thiophene rings is 1. The fourth-order valence-electron chi connectivity index (χ4n) is 3.53. The van der Waals surface area contributed by atoms with E-state index in [-0.39, 0.29) is 12.6 Å². The summed E-state index contributed by atoms with van der Waals surface area (Å²) in [7, 11) is 0. The third-order valence-electron chi connectivity index (χ3n) is 5.11. The van der Waals surface area contributed by atoms with Crippen molar-refractivity contribution in [2.75, 3.05) is 18.5 Å². The van der Waals surface area contributed by atoms with E-state index in [0.717, 1.165) is 29.7 Å². The molecule has 0 radical (unpaired) electrons. The molecule has 1 aromatic carbocycles. The van der Waals surface area contributed by atoms with Crippen LogP contribution in [0, 0.1) is 5.92 Å². The van der Waals surface area contributed by atoms with Gasteiger partial charge in [-0.1, -0.05) is 25.1 Å². The number of hydrogen-bond donors (Lipinski definition) is 2. The molecule has 0 bridgehead atoms. The van der Waals surface area contributed by atoms with Crippen molar-refractivity contribution in [2.45, 2.75) is 46.1 Å². The predicted octanol–water partition coefficient (Wildman–Crippen LogP) is 3.35. The molecule has 0 fully saturated rings. The van der Waals surface area contributed by atoms with Gasteiger partial charge in [0.25, 0.3) is 11.8 Å². The Balaban J connectivity index is 1.57. The van der Waals surface area contributed by atoms with E-state index < -0.39 is 30.4 Å². The molecule has 1 heterocycles. The molecule has 0 saturated carbocycles. The van der Waals surface area contributed by atoms with Crippen LogP contribution in [0.15, 0.2) is 30.3 Å². The fourth-order valence-corrected chi connectivity index (χ4v) is 4.95. The van der Waals surface area contributed by atoms with E-state index in [0.29, 0.717) is 22.0 Å². The predicted molar refractivity (Wildman–Crippen MR) is 124 cm³/mol. The molecular weight excluding hydrogens is 444 g/mol. The van der Waals surface area contributed by atoms with Gasteiger partial charge in [0.2, 0.25) is 0 Å². The van der Waals surface area contributed by atoms with Gasteiger partial charge in [-0.25, -0.2) is 4.79 Å². The Kier molecular flexibility index (Phi) is 8.21. The number of fused-ring (bicyclic) bond motifs is 1.